The van der Waals surface area contributed by atoms with Gasteiger partial charge in [0.1, 0.15) is 0 Å². The van der Waals surface area contributed by atoms with Crippen LogP contribution in [0.2, 0.25) is 0 Å². The number of carboxylic acids is 2. The molecule has 0 rings (SSSR count). The maximum absolute atomic E-state index is 10.4. The second-order valence-electron chi connectivity index (χ2n) is 2.42. The summed E-state index contributed by atoms with van der Waals surface area (Å²) in [5.74, 6) is -2.79. The monoisotopic (exact) mass is 192 g/mol. The molecule has 0 aliphatic rings. The molecule has 0 heterocycles. The van der Waals surface area contributed by atoms with Gasteiger partial charge in [0.05, 0.1) is 12.3 Å². The molecule has 2 N–H and O–H groups in total. The third-order valence-corrected chi connectivity index (χ3v) is 1.41. The summed E-state index contributed by atoms with van der Waals surface area (Å²) in [6.07, 6.45) is 0.856. The summed E-state index contributed by atoms with van der Waals surface area (Å²) < 4.78 is 0. The van der Waals surface area contributed by atoms with Gasteiger partial charge in [-0.25, -0.2) is 0 Å². The fraction of sp³-hybridized carbons (Fsp3) is 0.714. The normalized spacial score (nSPS) is 11.4. The van der Waals surface area contributed by atoms with Gasteiger partial charge in [-0.15, -0.1) is 0 Å². The molecule has 0 spiro atoms. The van der Waals surface area contributed by atoms with Crippen LogP contribution in [0.3, 0.4) is 0 Å². The van der Waals surface area contributed by atoms with Crippen molar-refractivity contribution in [1.29, 1.82) is 0 Å². The summed E-state index contributed by atoms with van der Waals surface area (Å²) in [6, 6.07) is 0. The molecule has 72 valence electrons. The van der Waals surface area contributed by atoms with E-state index < -0.39 is 17.9 Å². The van der Waals surface area contributed by atoms with Crippen LogP contribution in [-0.4, -0.2) is 33.1 Å². The van der Waals surface area contributed by atoms with Crippen molar-refractivity contribution in [3.05, 3.63) is 0 Å². The van der Waals surface area contributed by atoms with Crippen molar-refractivity contribution in [1.82, 2.24) is 0 Å². The topological polar surface area (TPSA) is 74.6 Å². The first-order valence-corrected chi connectivity index (χ1v) is 3.52. The number of carbonyl (C=O) groups is 2. The van der Waals surface area contributed by atoms with Gasteiger partial charge >= 0.3 is 11.9 Å². The first-order valence-electron chi connectivity index (χ1n) is 3.52. The van der Waals surface area contributed by atoms with Crippen molar-refractivity contribution in [2.45, 2.75) is 26.2 Å². The van der Waals surface area contributed by atoms with Gasteiger partial charge in [-0.3, -0.25) is 9.59 Å². The third kappa shape index (κ3) is 5.91. The number of aliphatic carboxylic acids is 2. The van der Waals surface area contributed by atoms with E-state index in [0.29, 0.717) is 12.8 Å². The van der Waals surface area contributed by atoms with Crippen LogP contribution in [0.25, 0.3) is 0 Å². The molecule has 1 unspecified atom stereocenters. The maximum Gasteiger partial charge on any atom is 0.307 e. The third-order valence-electron chi connectivity index (χ3n) is 1.41. The van der Waals surface area contributed by atoms with Gasteiger partial charge in [0, 0.05) is 0 Å². The van der Waals surface area contributed by atoms with Crippen LogP contribution < -0.4 is 0 Å². The van der Waals surface area contributed by atoms with Gasteiger partial charge in [0.15, 0.2) is 0 Å². The van der Waals surface area contributed by atoms with Gasteiger partial charge in [0.25, 0.3) is 0 Å². The number of carboxylic acid groups (broad SMARTS) is 2. The zero-order chi connectivity index (χ0) is 8.85. The van der Waals surface area contributed by atoms with Crippen molar-refractivity contribution >= 4 is 22.9 Å². The zero-order valence-corrected chi connectivity index (χ0v) is 6.41. The lowest BCUT2D eigenvalue weighted by Crippen LogP contribution is -2.17. The molecule has 0 amide bonds. The quantitative estimate of drug-likeness (QED) is 0.576. The Bertz CT molecular complexity index is 157. The molecule has 0 aliphatic heterocycles. The summed E-state index contributed by atoms with van der Waals surface area (Å²) in [7, 11) is 0. The van der Waals surface area contributed by atoms with E-state index in [9.17, 15) is 9.59 Å². The molecule has 0 radical (unpaired) electrons. The highest BCUT2D eigenvalue weighted by Gasteiger charge is 2.19. The fourth-order valence-electron chi connectivity index (χ4n) is 0.872. The predicted molar refractivity (Wildman–Crippen MR) is 49.6 cm³/mol. The van der Waals surface area contributed by atoms with E-state index in [1.54, 1.807) is 0 Å². The molecular weight excluding hydrogens is 176 g/mol. The van der Waals surface area contributed by atoms with Crippen molar-refractivity contribution in [3.63, 3.8) is 0 Å². The summed E-state index contributed by atoms with van der Waals surface area (Å²) in [6.45, 7) is 1.83. The van der Waals surface area contributed by atoms with Crippen LogP contribution in [0.15, 0.2) is 0 Å². The van der Waals surface area contributed by atoms with E-state index in [-0.39, 0.29) is 17.4 Å². The molecule has 0 aromatic carbocycles. The molecule has 4 nitrogen and oxygen atoms in total. The zero-order valence-electron chi connectivity index (χ0n) is 6.41. The lowest BCUT2D eigenvalue weighted by Gasteiger charge is -2.06. The van der Waals surface area contributed by atoms with Gasteiger partial charge in [-0.1, -0.05) is 13.3 Å². The number of hydrogen-bond donors (Lipinski definition) is 2. The van der Waals surface area contributed by atoms with E-state index in [2.05, 4.69) is 0 Å². The average molecular weight is 192 g/mol. The largest absolute Gasteiger partial charge is 0.481 e. The molecule has 0 aromatic rings. The Balaban J connectivity index is 0. The average Bonchev–Trinajstić information content (AvgIpc) is 1.86. The van der Waals surface area contributed by atoms with Crippen LogP contribution in [-0.2, 0) is 9.59 Å². The smallest absolute Gasteiger partial charge is 0.307 e. The van der Waals surface area contributed by atoms with E-state index in [1.165, 1.54) is 0 Å². The minimum Gasteiger partial charge on any atom is -0.481 e. The van der Waals surface area contributed by atoms with Crippen molar-refractivity contribution in [2.24, 2.45) is 5.92 Å². The lowest BCUT2D eigenvalue weighted by atomic mass is 10.0. The van der Waals surface area contributed by atoms with Gasteiger partial charge < -0.3 is 10.2 Å². The molecule has 0 fully saturated rings. The number of hydrogen-bond acceptors (Lipinski definition) is 2. The molecule has 0 aromatic heterocycles. The van der Waals surface area contributed by atoms with Crippen molar-refractivity contribution in [2.75, 3.05) is 0 Å². The Morgan fingerprint density at radius 3 is 2.08 bits per heavy atom. The second kappa shape index (κ2) is 6.84. The minimum atomic E-state index is -1.05. The van der Waals surface area contributed by atoms with Crippen LogP contribution in [0, 0.1) is 5.92 Å². The number of rotatable bonds is 5. The Hall–Kier alpha value is -0.843. The summed E-state index contributed by atoms with van der Waals surface area (Å²) >= 11 is 0. The van der Waals surface area contributed by atoms with Gasteiger partial charge in [-0.05, 0) is 17.4 Å². The summed E-state index contributed by atoms with van der Waals surface area (Å²) in [5, 5.41) is 16.8. The standard InChI is InChI=1S/C7H12O4.H4Si/c1-2-3-5(7(10)11)4-6(8)9;/h5H,2-4H2,1H3,(H,8,9)(H,10,11);1H4. The molecule has 1 atom stereocenters. The first kappa shape index (κ1) is 13.7. The van der Waals surface area contributed by atoms with Crippen LogP contribution in [0.5, 0.6) is 0 Å². The Morgan fingerprint density at radius 1 is 1.33 bits per heavy atom. The van der Waals surface area contributed by atoms with E-state index in [4.69, 9.17) is 10.2 Å². The molecule has 12 heavy (non-hydrogen) atoms. The van der Waals surface area contributed by atoms with E-state index in [1.807, 2.05) is 6.92 Å². The van der Waals surface area contributed by atoms with Crippen molar-refractivity contribution < 1.29 is 19.8 Å². The van der Waals surface area contributed by atoms with Gasteiger partial charge in [0.2, 0.25) is 0 Å². The Labute approximate surface area is 75.6 Å². The Kier molecular flexibility index (Phi) is 7.83. The highest BCUT2D eigenvalue weighted by Crippen LogP contribution is 2.10. The Morgan fingerprint density at radius 2 is 1.83 bits per heavy atom. The summed E-state index contributed by atoms with van der Waals surface area (Å²) in [4.78, 5) is 20.5. The van der Waals surface area contributed by atoms with Crippen LogP contribution in [0.1, 0.15) is 26.2 Å². The maximum atomic E-state index is 10.4. The molecule has 0 saturated heterocycles. The SMILES string of the molecule is CCCC(CC(=O)O)C(=O)O.[SiH4]. The molecule has 0 aliphatic carbocycles. The fourth-order valence-corrected chi connectivity index (χ4v) is 0.872. The summed E-state index contributed by atoms with van der Waals surface area (Å²) in [5.41, 5.74) is 0. The first-order chi connectivity index (χ1) is 5.07. The molecule has 5 heteroatoms. The second-order valence-corrected chi connectivity index (χ2v) is 2.42. The van der Waals surface area contributed by atoms with Crippen LogP contribution >= 0.6 is 0 Å². The highest BCUT2D eigenvalue weighted by molar-refractivity contribution is 5.77. The highest BCUT2D eigenvalue weighted by atomic mass is 28.1. The van der Waals surface area contributed by atoms with Crippen molar-refractivity contribution in [3.8, 4) is 0 Å². The minimum absolute atomic E-state index is 0. The molecule has 0 saturated carbocycles. The predicted octanol–water partition coefficient (Wildman–Crippen LogP) is -0.490. The van der Waals surface area contributed by atoms with E-state index in [0.717, 1.165) is 0 Å². The van der Waals surface area contributed by atoms with E-state index >= 15 is 0 Å². The van der Waals surface area contributed by atoms with Crippen LogP contribution in [0.4, 0.5) is 0 Å². The molecule has 0 bridgehead atoms. The lowest BCUT2D eigenvalue weighted by molar-refractivity contribution is -0.148. The molecular formula is C7H16O4Si. The van der Waals surface area contributed by atoms with Gasteiger partial charge in [-0.2, -0.15) is 0 Å².